The van der Waals surface area contributed by atoms with Crippen molar-refractivity contribution >= 4 is 5.96 Å². The quantitative estimate of drug-likeness (QED) is 0.371. The minimum absolute atomic E-state index is 0.506. The van der Waals surface area contributed by atoms with Crippen LogP contribution in [0.25, 0.3) is 11.5 Å². The summed E-state index contributed by atoms with van der Waals surface area (Å²) < 4.78 is 5.62. The van der Waals surface area contributed by atoms with Gasteiger partial charge >= 0.3 is 0 Å². The van der Waals surface area contributed by atoms with E-state index in [4.69, 9.17) is 4.42 Å². The number of guanidine groups is 1. The lowest BCUT2D eigenvalue weighted by Gasteiger charge is -2.12. The number of aliphatic imine (C=N–C) groups is 1. The van der Waals surface area contributed by atoms with Crippen LogP contribution in [-0.2, 0) is 6.42 Å². The summed E-state index contributed by atoms with van der Waals surface area (Å²) in [7, 11) is 0. The highest BCUT2D eigenvalue weighted by atomic mass is 16.3. The molecule has 30 heavy (non-hydrogen) atoms. The van der Waals surface area contributed by atoms with Crippen LogP contribution >= 0.6 is 0 Å². The molecule has 1 aromatic heterocycles. The third-order valence-electron chi connectivity index (χ3n) is 4.72. The minimum Gasteiger partial charge on any atom is -0.444 e. The van der Waals surface area contributed by atoms with E-state index in [1.165, 1.54) is 5.56 Å². The van der Waals surface area contributed by atoms with E-state index in [-0.39, 0.29) is 0 Å². The molecule has 2 aromatic carbocycles. The van der Waals surface area contributed by atoms with Gasteiger partial charge in [-0.15, -0.1) is 0 Å². The predicted molar refractivity (Wildman–Crippen MR) is 120 cm³/mol. The summed E-state index contributed by atoms with van der Waals surface area (Å²) in [6, 6.07) is 17.8. The zero-order valence-corrected chi connectivity index (χ0v) is 17.6. The first-order valence-corrected chi connectivity index (χ1v) is 10.4. The molecule has 0 saturated heterocycles. The molecule has 0 bridgehead atoms. The first kappa shape index (κ1) is 21.6. The van der Waals surface area contributed by atoms with E-state index in [2.05, 4.69) is 39.7 Å². The van der Waals surface area contributed by atoms with Crippen molar-refractivity contribution < 1.29 is 9.52 Å². The molecule has 158 valence electrons. The Bertz CT molecular complexity index is 920. The van der Waals surface area contributed by atoms with Gasteiger partial charge in [0.1, 0.15) is 6.26 Å². The maximum absolute atomic E-state index is 10.3. The van der Waals surface area contributed by atoms with Gasteiger partial charge in [-0.05, 0) is 38.0 Å². The van der Waals surface area contributed by atoms with Crippen molar-refractivity contribution in [2.24, 2.45) is 4.99 Å². The SMILES string of the molecule is CCNC(=NCCC(O)c1ccccc1)NCCc1coc(-c2ccc(C)cc2)n1. The molecule has 3 rings (SSSR count). The molecular weight excluding hydrogens is 376 g/mol. The van der Waals surface area contributed by atoms with Crippen molar-refractivity contribution in [2.75, 3.05) is 19.6 Å². The zero-order valence-electron chi connectivity index (χ0n) is 17.6. The molecule has 3 aromatic rings. The largest absolute Gasteiger partial charge is 0.444 e. The Labute approximate surface area is 178 Å². The van der Waals surface area contributed by atoms with Crippen LogP contribution in [0.2, 0.25) is 0 Å². The van der Waals surface area contributed by atoms with Gasteiger partial charge in [0.05, 0.1) is 11.8 Å². The highest BCUT2D eigenvalue weighted by Gasteiger charge is 2.08. The molecule has 0 fully saturated rings. The van der Waals surface area contributed by atoms with Gasteiger partial charge in [-0.25, -0.2) is 4.98 Å². The second-order valence-corrected chi connectivity index (χ2v) is 7.16. The highest BCUT2D eigenvalue weighted by molar-refractivity contribution is 5.79. The fourth-order valence-corrected chi connectivity index (χ4v) is 3.04. The van der Waals surface area contributed by atoms with Gasteiger partial charge in [0.25, 0.3) is 0 Å². The number of aryl methyl sites for hydroxylation is 1. The molecule has 3 N–H and O–H groups in total. The molecule has 0 amide bonds. The minimum atomic E-state index is -0.506. The van der Waals surface area contributed by atoms with Crippen LogP contribution in [0, 0.1) is 6.92 Å². The van der Waals surface area contributed by atoms with E-state index in [0.717, 1.165) is 35.7 Å². The number of aliphatic hydroxyl groups excluding tert-OH is 1. The average molecular weight is 407 g/mol. The van der Waals surface area contributed by atoms with Gasteiger partial charge in [0.2, 0.25) is 5.89 Å². The van der Waals surface area contributed by atoms with Crippen molar-refractivity contribution in [1.82, 2.24) is 15.6 Å². The van der Waals surface area contributed by atoms with E-state index in [0.29, 0.717) is 25.4 Å². The van der Waals surface area contributed by atoms with Crippen molar-refractivity contribution in [3.63, 3.8) is 0 Å². The normalized spacial score (nSPS) is 12.6. The molecule has 0 aliphatic rings. The fourth-order valence-electron chi connectivity index (χ4n) is 3.04. The lowest BCUT2D eigenvalue weighted by molar-refractivity contribution is 0.170. The Kier molecular flexibility index (Phi) is 8.03. The number of benzene rings is 2. The molecule has 0 spiro atoms. The summed E-state index contributed by atoms with van der Waals surface area (Å²) in [6.07, 6.45) is 2.50. The van der Waals surface area contributed by atoms with Crippen LogP contribution in [0.15, 0.2) is 70.3 Å². The number of hydrogen-bond acceptors (Lipinski definition) is 4. The highest BCUT2D eigenvalue weighted by Crippen LogP contribution is 2.19. The topological polar surface area (TPSA) is 82.7 Å². The molecule has 6 nitrogen and oxygen atoms in total. The van der Waals surface area contributed by atoms with Crippen molar-refractivity contribution in [3.8, 4) is 11.5 Å². The first-order valence-electron chi connectivity index (χ1n) is 10.4. The number of nitrogens with one attached hydrogen (secondary N) is 2. The number of hydrogen-bond donors (Lipinski definition) is 3. The van der Waals surface area contributed by atoms with Crippen LogP contribution < -0.4 is 10.6 Å². The number of rotatable bonds is 9. The Morgan fingerprint density at radius 2 is 1.87 bits per heavy atom. The van der Waals surface area contributed by atoms with Gasteiger partial charge in [0, 0.05) is 31.6 Å². The predicted octanol–water partition coefficient (Wildman–Crippen LogP) is 3.87. The lowest BCUT2D eigenvalue weighted by atomic mass is 10.1. The summed E-state index contributed by atoms with van der Waals surface area (Å²) in [5.41, 5.74) is 4.00. The zero-order chi connectivity index (χ0) is 21.2. The number of aromatic nitrogens is 1. The van der Waals surface area contributed by atoms with Gasteiger partial charge in [0.15, 0.2) is 5.96 Å². The van der Waals surface area contributed by atoms with E-state index in [1.807, 2.05) is 49.4 Å². The summed E-state index contributed by atoms with van der Waals surface area (Å²) in [4.78, 5) is 9.13. The molecule has 1 unspecified atom stereocenters. The molecule has 0 saturated carbocycles. The van der Waals surface area contributed by atoms with Crippen LogP contribution in [0.1, 0.15) is 36.3 Å². The Balaban J connectivity index is 1.47. The summed E-state index contributed by atoms with van der Waals surface area (Å²) >= 11 is 0. The molecule has 6 heteroatoms. The maximum Gasteiger partial charge on any atom is 0.226 e. The first-order chi connectivity index (χ1) is 14.7. The van der Waals surface area contributed by atoms with Gasteiger partial charge < -0.3 is 20.2 Å². The summed E-state index contributed by atoms with van der Waals surface area (Å²) in [6.45, 7) is 6.08. The summed E-state index contributed by atoms with van der Waals surface area (Å²) in [5, 5.41) is 16.8. The molecule has 0 aliphatic heterocycles. The fraction of sp³-hybridized carbons (Fsp3) is 0.333. The lowest BCUT2D eigenvalue weighted by Crippen LogP contribution is -2.38. The van der Waals surface area contributed by atoms with Crippen molar-refractivity contribution in [2.45, 2.75) is 32.8 Å². The van der Waals surface area contributed by atoms with E-state index in [1.54, 1.807) is 6.26 Å². The molecular formula is C24H30N4O2. The summed E-state index contributed by atoms with van der Waals surface area (Å²) in [5.74, 6) is 1.38. The van der Waals surface area contributed by atoms with Crippen LogP contribution in [-0.4, -0.2) is 35.7 Å². The Hall–Kier alpha value is -3.12. The molecule has 0 radical (unpaired) electrons. The number of nitrogens with zero attached hydrogens (tertiary/aromatic N) is 2. The second kappa shape index (κ2) is 11.2. The molecule has 1 heterocycles. The third kappa shape index (κ3) is 6.46. The smallest absolute Gasteiger partial charge is 0.226 e. The second-order valence-electron chi connectivity index (χ2n) is 7.16. The third-order valence-corrected chi connectivity index (χ3v) is 4.72. The Morgan fingerprint density at radius 3 is 2.60 bits per heavy atom. The van der Waals surface area contributed by atoms with E-state index < -0.39 is 6.10 Å². The Morgan fingerprint density at radius 1 is 1.10 bits per heavy atom. The van der Waals surface area contributed by atoms with Crippen LogP contribution in [0.5, 0.6) is 0 Å². The monoisotopic (exact) mass is 406 g/mol. The van der Waals surface area contributed by atoms with E-state index >= 15 is 0 Å². The van der Waals surface area contributed by atoms with Gasteiger partial charge in [-0.2, -0.15) is 0 Å². The molecule has 1 atom stereocenters. The maximum atomic E-state index is 10.3. The molecule has 0 aliphatic carbocycles. The van der Waals surface area contributed by atoms with Crippen molar-refractivity contribution in [1.29, 1.82) is 0 Å². The number of aliphatic hydroxyl groups is 1. The van der Waals surface area contributed by atoms with E-state index in [9.17, 15) is 5.11 Å². The van der Waals surface area contributed by atoms with Crippen molar-refractivity contribution in [3.05, 3.63) is 77.7 Å². The van der Waals surface area contributed by atoms with Gasteiger partial charge in [-0.3, -0.25) is 4.99 Å². The average Bonchev–Trinajstić information content (AvgIpc) is 3.23. The standard InChI is InChI=1S/C24H30N4O2/c1-3-25-24(27-16-14-22(29)19-7-5-4-6-8-19)26-15-13-21-17-30-23(28-21)20-11-9-18(2)10-12-20/h4-12,17,22,29H,3,13-16H2,1-2H3,(H2,25,26,27). The van der Waals surface area contributed by atoms with Crippen LogP contribution in [0.3, 0.4) is 0 Å². The number of oxazole rings is 1. The van der Waals surface area contributed by atoms with Gasteiger partial charge in [-0.1, -0.05) is 48.0 Å². The van der Waals surface area contributed by atoms with Crippen LogP contribution in [0.4, 0.5) is 0 Å².